The Bertz CT molecular complexity index is 1270. The van der Waals surface area contributed by atoms with Gasteiger partial charge in [-0.3, -0.25) is 4.79 Å². The molecule has 6 heteroatoms. The zero-order chi connectivity index (χ0) is 23.5. The van der Waals surface area contributed by atoms with E-state index in [1.807, 2.05) is 36.4 Å². The Balaban J connectivity index is 1.41. The molecule has 1 aromatic heterocycles. The third-order valence-electron chi connectivity index (χ3n) is 6.44. The summed E-state index contributed by atoms with van der Waals surface area (Å²) in [5.41, 5.74) is 5.77. The second kappa shape index (κ2) is 9.85. The maximum atomic E-state index is 13.7. The third kappa shape index (κ3) is 4.26. The van der Waals surface area contributed by atoms with Crippen molar-refractivity contribution in [2.75, 3.05) is 12.9 Å². The Morgan fingerprint density at radius 2 is 1.56 bits per heavy atom. The lowest BCUT2D eigenvalue weighted by Crippen LogP contribution is -2.18. The number of methoxy groups -OCH3 is 1. The smallest absolute Gasteiger partial charge is 0.191 e. The standard InChI is InChI=1S/C28H27N3O2S/c1-3-31-27(21-14-16-22(33-2)17-15-21)29-30-28(31)34-18-25(32)26-23-10-6-4-8-19(23)12-13-20-9-5-7-11-24(20)26/h4-11,14-17,26H,3,12-13,18H2,1-2H3. The van der Waals surface area contributed by atoms with Gasteiger partial charge in [0.2, 0.25) is 0 Å². The highest BCUT2D eigenvalue weighted by atomic mass is 32.2. The lowest BCUT2D eigenvalue weighted by atomic mass is 9.85. The molecule has 5 rings (SSSR count). The van der Waals surface area contributed by atoms with Crippen LogP contribution in [-0.2, 0) is 24.2 Å². The number of nitrogens with zero attached hydrogens (tertiary/aromatic N) is 3. The van der Waals surface area contributed by atoms with Gasteiger partial charge < -0.3 is 9.30 Å². The van der Waals surface area contributed by atoms with E-state index in [0.717, 1.165) is 52.8 Å². The van der Waals surface area contributed by atoms with E-state index >= 15 is 0 Å². The maximum absolute atomic E-state index is 13.7. The minimum atomic E-state index is -0.249. The summed E-state index contributed by atoms with van der Waals surface area (Å²) in [5, 5.41) is 9.61. The van der Waals surface area contributed by atoms with Crippen LogP contribution in [0.4, 0.5) is 0 Å². The van der Waals surface area contributed by atoms with Gasteiger partial charge in [-0.1, -0.05) is 60.3 Å². The van der Waals surface area contributed by atoms with Crippen LogP contribution in [0.1, 0.15) is 35.1 Å². The number of fused-ring (bicyclic) bond motifs is 2. The summed E-state index contributed by atoms with van der Waals surface area (Å²) in [6, 6.07) is 24.5. The van der Waals surface area contributed by atoms with Crippen LogP contribution in [-0.4, -0.2) is 33.4 Å². The van der Waals surface area contributed by atoms with Crippen molar-refractivity contribution in [2.45, 2.75) is 37.4 Å². The first-order chi connectivity index (χ1) is 16.7. The van der Waals surface area contributed by atoms with Gasteiger partial charge in [0.1, 0.15) is 5.75 Å². The SMILES string of the molecule is CCn1c(SCC(=O)C2c3ccccc3CCc3ccccc32)nnc1-c1ccc(OC)cc1. The number of ether oxygens (including phenoxy) is 1. The molecular weight excluding hydrogens is 442 g/mol. The molecule has 1 aliphatic carbocycles. The second-order valence-corrected chi connectivity index (χ2v) is 9.31. The van der Waals surface area contributed by atoms with E-state index in [4.69, 9.17) is 4.74 Å². The number of aromatic nitrogens is 3. The summed E-state index contributed by atoms with van der Waals surface area (Å²) in [6.45, 7) is 2.79. The van der Waals surface area contributed by atoms with E-state index in [1.54, 1.807) is 7.11 Å². The Labute approximate surface area is 204 Å². The summed E-state index contributed by atoms with van der Waals surface area (Å²) in [4.78, 5) is 13.7. The number of carbonyl (C=O) groups is 1. The molecule has 0 radical (unpaired) electrons. The van der Waals surface area contributed by atoms with Crippen LogP contribution in [0.3, 0.4) is 0 Å². The molecule has 0 aliphatic heterocycles. The second-order valence-electron chi connectivity index (χ2n) is 8.36. The number of hydrogen-bond acceptors (Lipinski definition) is 5. The molecule has 0 atom stereocenters. The van der Waals surface area contributed by atoms with Crippen LogP contribution in [0.2, 0.25) is 0 Å². The van der Waals surface area contributed by atoms with Crippen molar-refractivity contribution in [2.24, 2.45) is 0 Å². The monoisotopic (exact) mass is 469 g/mol. The average molecular weight is 470 g/mol. The fourth-order valence-corrected chi connectivity index (χ4v) is 5.63. The predicted molar refractivity (Wildman–Crippen MR) is 136 cm³/mol. The molecule has 0 unspecified atom stereocenters. The highest BCUT2D eigenvalue weighted by molar-refractivity contribution is 7.99. The van der Waals surface area contributed by atoms with Crippen molar-refractivity contribution in [1.82, 2.24) is 14.8 Å². The van der Waals surface area contributed by atoms with Crippen molar-refractivity contribution >= 4 is 17.5 Å². The van der Waals surface area contributed by atoms with Crippen LogP contribution < -0.4 is 4.74 Å². The largest absolute Gasteiger partial charge is 0.497 e. The number of benzene rings is 3. The highest BCUT2D eigenvalue weighted by Crippen LogP contribution is 2.36. The molecule has 0 saturated heterocycles. The summed E-state index contributed by atoms with van der Waals surface area (Å²) >= 11 is 1.47. The first kappa shape index (κ1) is 22.4. The zero-order valence-corrected chi connectivity index (χ0v) is 20.2. The number of carbonyl (C=O) groups excluding carboxylic acids is 1. The van der Waals surface area contributed by atoms with Gasteiger partial charge in [-0.05, 0) is 66.3 Å². The Kier molecular flexibility index (Phi) is 6.50. The molecule has 34 heavy (non-hydrogen) atoms. The molecule has 0 N–H and O–H groups in total. The molecule has 0 bridgehead atoms. The van der Waals surface area contributed by atoms with Gasteiger partial charge >= 0.3 is 0 Å². The van der Waals surface area contributed by atoms with Crippen LogP contribution >= 0.6 is 11.8 Å². The van der Waals surface area contributed by atoms with Gasteiger partial charge in [0.05, 0.1) is 18.8 Å². The van der Waals surface area contributed by atoms with E-state index in [-0.39, 0.29) is 11.7 Å². The summed E-state index contributed by atoms with van der Waals surface area (Å²) in [5.74, 6) is 1.89. The number of ketones is 1. The molecule has 3 aromatic carbocycles. The number of aryl methyl sites for hydroxylation is 2. The molecule has 172 valence electrons. The summed E-state index contributed by atoms with van der Waals surface area (Å²) in [7, 11) is 1.65. The predicted octanol–water partition coefficient (Wildman–Crippen LogP) is 5.57. The molecule has 4 aromatic rings. The summed E-state index contributed by atoms with van der Waals surface area (Å²) < 4.78 is 7.33. The topological polar surface area (TPSA) is 57.0 Å². The van der Waals surface area contributed by atoms with Gasteiger partial charge in [-0.25, -0.2) is 0 Å². The van der Waals surface area contributed by atoms with E-state index < -0.39 is 0 Å². The van der Waals surface area contributed by atoms with Crippen molar-refractivity contribution in [1.29, 1.82) is 0 Å². The van der Waals surface area contributed by atoms with Gasteiger partial charge in [-0.2, -0.15) is 0 Å². The molecule has 5 nitrogen and oxygen atoms in total. The van der Waals surface area contributed by atoms with Crippen LogP contribution in [0, 0.1) is 0 Å². The first-order valence-corrected chi connectivity index (χ1v) is 12.6. The molecule has 0 spiro atoms. The number of rotatable bonds is 7. The molecule has 1 heterocycles. The van der Waals surface area contributed by atoms with Gasteiger partial charge in [0.15, 0.2) is 16.8 Å². The third-order valence-corrected chi connectivity index (χ3v) is 7.43. The lowest BCUT2D eigenvalue weighted by Gasteiger charge is -2.19. The van der Waals surface area contributed by atoms with Crippen LogP contribution in [0.5, 0.6) is 5.75 Å². The quantitative estimate of drug-likeness (QED) is 0.332. The van der Waals surface area contributed by atoms with Gasteiger partial charge in [-0.15, -0.1) is 10.2 Å². The molecule has 1 aliphatic rings. The molecule has 0 amide bonds. The van der Waals surface area contributed by atoms with E-state index in [2.05, 4.69) is 58.1 Å². The average Bonchev–Trinajstić information content (AvgIpc) is 3.22. The van der Waals surface area contributed by atoms with Gasteiger partial charge in [0, 0.05) is 12.1 Å². The highest BCUT2D eigenvalue weighted by Gasteiger charge is 2.29. The molecular formula is C28H27N3O2S. The fourth-order valence-electron chi connectivity index (χ4n) is 4.72. The van der Waals surface area contributed by atoms with Crippen molar-refractivity contribution in [3.63, 3.8) is 0 Å². The minimum absolute atomic E-state index is 0.198. The molecule has 0 fully saturated rings. The van der Waals surface area contributed by atoms with E-state index in [9.17, 15) is 4.79 Å². The summed E-state index contributed by atoms with van der Waals surface area (Å²) in [6.07, 6.45) is 1.92. The van der Waals surface area contributed by atoms with E-state index in [1.165, 1.54) is 22.9 Å². The van der Waals surface area contributed by atoms with Gasteiger partial charge in [0.25, 0.3) is 0 Å². The minimum Gasteiger partial charge on any atom is -0.497 e. The Hall–Kier alpha value is -3.38. The fraction of sp³-hybridized carbons (Fsp3) is 0.250. The normalized spacial score (nSPS) is 13.1. The Morgan fingerprint density at radius 3 is 2.15 bits per heavy atom. The van der Waals surface area contributed by atoms with E-state index in [0.29, 0.717) is 5.75 Å². The molecule has 0 saturated carbocycles. The van der Waals surface area contributed by atoms with Crippen LogP contribution in [0.25, 0.3) is 11.4 Å². The Morgan fingerprint density at radius 1 is 0.941 bits per heavy atom. The number of thioether (sulfide) groups is 1. The van der Waals surface area contributed by atoms with Crippen molar-refractivity contribution in [3.8, 4) is 17.1 Å². The van der Waals surface area contributed by atoms with Crippen molar-refractivity contribution in [3.05, 3.63) is 95.1 Å². The number of Topliss-reactive ketones (excluding diaryl/α,β-unsaturated/α-hetero) is 1. The first-order valence-electron chi connectivity index (χ1n) is 11.6. The van der Waals surface area contributed by atoms with Crippen LogP contribution in [0.15, 0.2) is 78.0 Å². The maximum Gasteiger partial charge on any atom is 0.191 e. The zero-order valence-electron chi connectivity index (χ0n) is 19.4. The van der Waals surface area contributed by atoms with Crippen molar-refractivity contribution < 1.29 is 9.53 Å². The lowest BCUT2D eigenvalue weighted by molar-refractivity contribution is -0.117. The number of hydrogen-bond donors (Lipinski definition) is 0.